The highest BCUT2D eigenvalue weighted by atomic mass is 35.5. The summed E-state index contributed by atoms with van der Waals surface area (Å²) in [5, 5.41) is 11.1. The molecule has 0 radical (unpaired) electrons. The fourth-order valence-corrected chi connectivity index (χ4v) is 2.66. The number of nitrogens with two attached hydrogens (primary N) is 1. The first-order valence-corrected chi connectivity index (χ1v) is 8.34. The predicted molar refractivity (Wildman–Crippen MR) is 101 cm³/mol. The molecular formula is C18H18ClN5O2. The molecule has 0 bridgehead atoms. The number of nitrogens with zero attached hydrogens (tertiary/aromatic N) is 3. The number of hydrogen-bond acceptors (Lipinski definition) is 5. The van der Waals surface area contributed by atoms with E-state index < -0.39 is 5.91 Å². The smallest absolute Gasteiger partial charge is 0.280 e. The number of halogens is 1. The van der Waals surface area contributed by atoms with Crippen LogP contribution in [0.25, 0.3) is 0 Å². The van der Waals surface area contributed by atoms with Crippen LogP contribution in [0.1, 0.15) is 16.1 Å². The quantitative estimate of drug-likeness (QED) is 0.694. The molecule has 0 saturated heterocycles. The maximum Gasteiger partial charge on any atom is 0.280 e. The van der Waals surface area contributed by atoms with Crippen molar-refractivity contribution in [3.05, 3.63) is 64.8 Å². The molecule has 134 valence electrons. The van der Waals surface area contributed by atoms with Crippen molar-refractivity contribution < 1.29 is 9.53 Å². The molecule has 0 fully saturated rings. The lowest BCUT2D eigenvalue weighted by Crippen LogP contribution is -2.16. The van der Waals surface area contributed by atoms with Crippen LogP contribution in [-0.2, 0) is 13.0 Å². The number of methoxy groups -OCH3 is 1. The Morgan fingerprint density at radius 3 is 2.77 bits per heavy atom. The van der Waals surface area contributed by atoms with Crippen LogP contribution in [0, 0.1) is 0 Å². The molecule has 3 N–H and O–H groups in total. The lowest BCUT2D eigenvalue weighted by atomic mass is 10.1. The summed E-state index contributed by atoms with van der Waals surface area (Å²) in [6, 6.07) is 14.9. The zero-order valence-electron chi connectivity index (χ0n) is 14.1. The molecule has 1 amide bonds. The van der Waals surface area contributed by atoms with Crippen LogP contribution >= 0.6 is 11.6 Å². The van der Waals surface area contributed by atoms with E-state index in [2.05, 4.69) is 15.6 Å². The Morgan fingerprint density at radius 2 is 2.04 bits per heavy atom. The summed E-state index contributed by atoms with van der Waals surface area (Å²) in [6.45, 7) is 0.524. The van der Waals surface area contributed by atoms with Crippen molar-refractivity contribution in [2.45, 2.75) is 13.0 Å². The average Bonchev–Trinajstić information content (AvgIpc) is 3.02. The van der Waals surface area contributed by atoms with Crippen LogP contribution in [0.5, 0.6) is 5.75 Å². The Kier molecular flexibility index (Phi) is 5.38. The number of carbonyl (C=O) groups excluding carboxylic acids is 1. The first kappa shape index (κ1) is 17.8. The van der Waals surface area contributed by atoms with Gasteiger partial charge in [-0.25, -0.2) is 4.68 Å². The summed E-state index contributed by atoms with van der Waals surface area (Å²) in [6.07, 6.45) is 0.734. The van der Waals surface area contributed by atoms with Crippen molar-refractivity contribution >= 4 is 29.0 Å². The van der Waals surface area contributed by atoms with E-state index in [1.807, 2.05) is 30.3 Å². The van der Waals surface area contributed by atoms with Crippen molar-refractivity contribution in [2.75, 3.05) is 18.2 Å². The van der Waals surface area contributed by atoms with E-state index in [0.717, 1.165) is 12.0 Å². The van der Waals surface area contributed by atoms with Gasteiger partial charge in [0, 0.05) is 11.6 Å². The number of nitrogens with one attached hydrogen (secondary N) is 1. The third-order valence-electron chi connectivity index (χ3n) is 3.85. The normalized spacial score (nSPS) is 10.5. The van der Waals surface area contributed by atoms with Gasteiger partial charge in [0.1, 0.15) is 5.75 Å². The maximum absolute atomic E-state index is 12.5. The number of aromatic nitrogens is 3. The predicted octanol–water partition coefficient (Wildman–Crippen LogP) is 3.02. The van der Waals surface area contributed by atoms with Crippen LogP contribution in [0.2, 0.25) is 5.02 Å². The molecule has 0 unspecified atom stereocenters. The maximum atomic E-state index is 12.5. The van der Waals surface area contributed by atoms with Crippen molar-refractivity contribution in [2.24, 2.45) is 0 Å². The molecule has 0 aliphatic rings. The molecule has 0 atom stereocenters. The number of amides is 1. The third kappa shape index (κ3) is 3.94. The third-order valence-corrected chi connectivity index (χ3v) is 4.09. The Bertz CT molecular complexity index is 911. The van der Waals surface area contributed by atoms with Gasteiger partial charge in [-0.05, 0) is 30.2 Å². The van der Waals surface area contributed by atoms with E-state index in [1.54, 1.807) is 18.2 Å². The first-order valence-electron chi connectivity index (χ1n) is 7.96. The molecule has 3 rings (SSSR count). The fourth-order valence-electron chi connectivity index (χ4n) is 2.49. The summed E-state index contributed by atoms with van der Waals surface area (Å²) < 4.78 is 6.73. The SMILES string of the molecule is COc1ccc(Cl)cc1NC(=O)c1nnn(CCc2ccccc2)c1N. The van der Waals surface area contributed by atoms with Crippen LogP contribution < -0.4 is 15.8 Å². The molecule has 8 heteroatoms. The van der Waals surface area contributed by atoms with E-state index in [1.165, 1.54) is 11.8 Å². The van der Waals surface area contributed by atoms with Gasteiger partial charge < -0.3 is 15.8 Å². The lowest BCUT2D eigenvalue weighted by Gasteiger charge is -2.10. The minimum Gasteiger partial charge on any atom is -0.495 e. The van der Waals surface area contributed by atoms with Crippen molar-refractivity contribution in [1.29, 1.82) is 0 Å². The van der Waals surface area contributed by atoms with Crippen LogP contribution in [0.15, 0.2) is 48.5 Å². The van der Waals surface area contributed by atoms with Gasteiger partial charge in [0.05, 0.1) is 12.8 Å². The number of anilines is 2. The van der Waals surface area contributed by atoms with Gasteiger partial charge in [-0.3, -0.25) is 4.79 Å². The second kappa shape index (κ2) is 7.88. The molecule has 3 aromatic rings. The number of aryl methyl sites for hydroxylation is 2. The second-order valence-corrected chi connectivity index (χ2v) is 6.02. The summed E-state index contributed by atoms with van der Waals surface area (Å²) >= 11 is 5.97. The molecule has 0 aliphatic heterocycles. The standard InChI is InChI=1S/C18H18ClN5O2/c1-26-15-8-7-13(19)11-14(15)21-18(25)16-17(20)24(23-22-16)10-9-12-5-3-2-4-6-12/h2-8,11H,9-10,20H2,1H3,(H,21,25). The summed E-state index contributed by atoms with van der Waals surface area (Å²) in [5.74, 6) is 0.214. The number of nitrogen functional groups attached to an aromatic ring is 1. The topological polar surface area (TPSA) is 95.1 Å². The summed E-state index contributed by atoms with van der Waals surface area (Å²) in [4.78, 5) is 12.5. The fraction of sp³-hybridized carbons (Fsp3) is 0.167. The van der Waals surface area contributed by atoms with Crippen LogP contribution in [-0.4, -0.2) is 28.0 Å². The molecular weight excluding hydrogens is 354 g/mol. The average molecular weight is 372 g/mol. The molecule has 1 heterocycles. The summed E-state index contributed by atoms with van der Waals surface area (Å²) in [5.41, 5.74) is 7.68. The highest BCUT2D eigenvalue weighted by Gasteiger charge is 2.19. The molecule has 0 saturated carbocycles. The van der Waals surface area contributed by atoms with Gasteiger partial charge in [-0.1, -0.05) is 47.1 Å². The van der Waals surface area contributed by atoms with Crippen LogP contribution in [0.4, 0.5) is 11.5 Å². The Balaban J connectivity index is 1.73. The molecule has 0 aliphatic carbocycles. The van der Waals surface area contributed by atoms with Gasteiger partial charge in [-0.2, -0.15) is 0 Å². The number of carbonyl (C=O) groups is 1. The Morgan fingerprint density at radius 1 is 1.27 bits per heavy atom. The molecule has 2 aromatic carbocycles. The first-order chi connectivity index (χ1) is 12.6. The highest BCUT2D eigenvalue weighted by molar-refractivity contribution is 6.31. The van der Waals surface area contributed by atoms with Crippen molar-refractivity contribution in [1.82, 2.24) is 15.0 Å². The van der Waals surface area contributed by atoms with Gasteiger partial charge in [-0.15, -0.1) is 5.10 Å². The van der Waals surface area contributed by atoms with E-state index in [0.29, 0.717) is 23.0 Å². The van der Waals surface area contributed by atoms with Gasteiger partial charge >= 0.3 is 0 Å². The largest absolute Gasteiger partial charge is 0.495 e. The Hall–Kier alpha value is -3.06. The molecule has 7 nitrogen and oxygen atoms in total. The number of rotatable bonds is 6. The number of ether oxygens (including phenoxy) is 1. The molecule has 0 spiro atoms. The summed E-state index contributed by atoms with van der Waals surface area (Å²) in [7, 11) is 1.51. The zero-order chi connectivity index (χ0) is 18.5. The van der Waals surface area contributed by atoms with Gasteiger partial charge in [0.2, 0.25) is 0 Å². The second-order valence-electron chi connectivity index (χ2n) is 5.58. The van der Waals surface area contributed by atoms with E-state index in [9.17, 15) is 4.79 Å². The van der Waals surface area contributed by atoms with Crippen LogP contribution in [0.3, 0.4) is 0 Å². The molecule has 26 heavy (non-hydrogen) atoms. The lowest BCUT2D eigenvalue weighted by molar-refractivity contribution is 0.102. The highest BCUT2D eigenvalue weighted by Crippen LogP contribution is 2.28. The Labute approximate surface area is 155 Å². The van der Waals surface area contributed by atoms with Crippen molar-refractivity contribution in [3.63, 3.8) is 0 Å². The van der Waals surface area contributed by atoms with E-state index in [4.69, 9.17) is 22.1 Å². The monoisotopic (exact) mass is 371 g/mol. The van der Waals surface area contributed by atoms with Gasteiger partial charge in [0.15, 0.2) is 11.5 Å². The number of benzene rings is 2. The molecule has 1 aromatic heterocycles. The zero-order valence-corrected chi connectivity index (χ0v) is 14.9. The van der Waals surface area contributed by atoms with E-state index >= 15 is 0 Å². The van der Waals surface area contributed by atoms with E-state index in [-0.39, 0.29) is 11.5 Å². The minimum absolute atomic E-state index is 0.0556. The minimum atomic E-state index is -0.478. The van der Waals surface area contributed by atoms with Crippen molar-refractivity contribution in [3.8, 4) is 5.75 Å². The van der Waals surface area contributed by atoms with Gasteiger partial charge in [0.25, 0.3) is 5.91 Å². The number of hydrogen-bond donors (Lipinski definition) is 2.